The van der Waals surface area contributed by atoms with Crippen LogP contribution in [0.15, 0.2) is 66.7 Å². The fraction of sp³-hybridized carbons (Fsp3) is 0.125. The fourth-order valence-electron chi connectivity index (χ4n) is 2.77. The molecule has 0 radical (unpaired) electrons. The first-order chi connectivity index (χ1) is 14.9. The number of benzene rings is 3. The molecule has 3 aromatic carbocycles. The molecule has 0 atom stereocenters. The third kappa shape index (κ3) is 5.27. The molecule has 0 aliphatic rings. The zero-order valence-electron chi connectivity index (χ0n) is 17.2. The van der Waals surface area contributed by atoms with E-state index < -0.39 is 11.9 Å². The first-order valence-electron chi connectivity index (χ1n) is 9.28. The molecule has 7 heteroatoms. The molecule has 31 heavy (non-hydrogen) atoms. The number of esters is 2. The maximum atomic E-state index is 12.6. The maximum Gasteiger partial charge on any atom is 0.343 e. The van der Waals surface area contributed by atoms with Gasteiger partial charge in [0.15, 0.2) is 5.78 Å². The number of carbonyl (C=O) groups is 3. The predicted molar refractivity (Wildman–Crippen MR) is 112 cm³/mol. The Morgan fingerprint density at radius 3 is 1.71 bits per heavy atom. The quantitative estimate of drug-likeness (QED) is 0.319. The Morgan fingerprint density at radius 1 is 0.645 bits per heavy atom. The number of methoxy groups -OCH3 is 2. The van der Waals surface area contributed by atoms with Crippen LogP contribution >= 0.6 is 0 Å². The minimum atomic E-state index is -0.683. The first-order valence-corrected chi connectivity index (χ1v) is 9.28. The van der Waals surface area contributed by atoms with Gasteiger partial charge in [0.05, 0.1) is 30.9 Å². The lowest BCUT2D eigenvalue weighted by atomic mass is 10.1. The molecule has 0 unspecified atom stereocenters. The summed E-state index contributed by atoms with van der Waals surface area (Å²) < 4.78 is 21.0. The van der Waals surface area contributed by atoms with E-state index in [0.29, 0.717) is 11.5 Å². The second-order valence-electron chi connectivity index (χ2n) is 6.46. The smallest absolute Gasteiger partial charge is 0.343 e. The molecule has 0 amide bonds. The number of carbonyl (C=O) groups excluding carboxylic acids is 3. The van der Waals surface area contributed by atoms with Crippen molar-refractivity contribution in [2.24, 2.45) is 0 Å². The van der Waals surface area contributed by atoms with Gasteiger partial charge in [-0.1, -0.05) is 12.1 Å². The van der Waals surface area contributed by atoms with Crippen LogP contribution in [0.25, 0.3) is 0 Å². The van der Waals surface area contributed by atoms with Gasteiger partial charge in [-0.25, -0.2) is 9.59 Å². The van der Waals surface area contributed by atoms with Gasteiger partial charge >= 0.3 is 11.9 Å². The Hall–Kier alpha value is -4.13. The molecule has 0 aliphatic heterocycles. The fourth-order valence-corrected chi connectivity index (χ4v) is 2.77. The average Bonchev–Trinajstić information content (AvgIpc) is 2.79. The molecule has 0 saturated heterocycles. The van der Waals surface area contributed by atoms with Gasteiger partial charge in [-0.15, -0.1) is 0 Å². The third-order valence-corrected chi connectivity index (χ3v) is 4.36. The maximum absolute atomic E-state index is 12.6. The van der Waals surface area contributed by atoms with Crippen LogP contribution in [0.2, 0.25) is 0 Å². The van der Waals surface area contributed by atoms with Crippen LogP contribution in [0.3, 0.4) is 0 Å². The van der Waals surface area contributed by atoms with Gasteiger partial charge in [0.25, 0.3) is 0 Å². The van der Waals surface area contributed by atoms with E-state index >= 15 is 0 Å². The highest BCUT2D eigenvalue weighted by molar-refractivity contribution is 5.99. The monoisotopic (exact) mass is 420 g/mol. The Morgan fingerprint density at radius 2 is 1.19 bits per heavy atom. The van der Waals surface area contributed by atoms with Crippen LogP contribution < -0.4 is 18.9 Å². The van der Waals surface area contributed by atoms with E-state index in [0.717, 1.165) is 0 Å². The molecule has 0 spiro atoms. The summed E-state index contributed by atoms with van der Waals surface area (Å²) in [5.74, 6) is -0.518. The zero-order chi connectivity index (χ0) is 22.4. The van der Waals surface area contributed by atoms with Gasteiger partial charge < -0.3 is 18.9 Å². The van der Waals surface area contributed by atoms with E-state index in [1.807, 2.05) is 0 Å². The lowest BCUT2D eigenvalue weighted by Gasteiger charge is -2.11. The van der Waals surface area contributed by atoms with Crippen LogP contribution in [0, 0.1) is 0 Å². The number of hydrogen-bond acceptors (Lipinski definition) is 7. The van der Waals surface area contributed by atoms with Crippen LogP contribution in [0.1, 0.15) is 38.0 Å². The lowest BCUT2D eigenvalue weighted by Crippen LogP contribution is -2.12. The highest BCUT2D eigenvalue weighted by Crippen LogP contribution is 2.28. The van der Waals surface area contributed by atoms with Gasteiger partial charge in [-0.05, 0) is 55.5 Å². The molecule has 7 nitrogen and oxygen atoms in total. The van der Waals surface area contributed by atoms with Crippen molar-refractivity contribution in [3.63, 3.8) is 0 Å². The summed E-state index contributed by atoms with van der Waals surface area (Å²) in [6.07, 6.45) is 0. The van der Waals surface area contributed by atoms with E-state index in [-0.39, 0.29) is 34.0 Å². The van der Waals surface area contributed by atoms with Crippen molar-refractivity contribution >= 4 is 17.7 Å². The summed E-state index contributed by atoms with van der Waals surface area (Å²) in [5, 5.41) is 0. The van der Waals surface area contributed by atoms with E-state index in [1.54, 1.807) is 36.4 Å². The number of ketones is 1. The second-order valence-corrected chi connectivity index (χ2v) is 6.46. The average molecular weight is 420 g/mol. The van der Waals surface area contributed by atoms with Crippen molar-refractivity contribution < 1.29 is 33.3 Å². The predicted octanol–water partition coefficient (Wildman–Crippen LogP) is 4.34. The molecule has 158 valence electrons. The largest absolute Gasteiger partial charge is 0.497 e. The summed E-state index contributed by atoms with van der Waals surface area (Å²) in [6, 6.07) is 17.1. The summed E-state index contributed by atoms with van der Waals surface area (Å²) >= 11 is 0. The van der Waals surface area contributed by atoms with Crippen molar-refractivity contribution in [3.8, 4) is 23.0 Å². The molecule has 0 N–H and O–H groups in total. The van der Waals surface area contributed by atoms with Crippen molar-refractivity contribution in [3.05, 3.63) is 83.4 Å². The number of rotatable bonds is 7. The van der Waals surface area contributed by atoms with E-state index in [4.69, 9.17) is 18.9 Å². The Labute approximate surface area is 179 Å². The number of ether oxygens (including phenoxy) is 4. The molecule has 0 heterocycles. The summed E-state index contributed by atoms with van der Waals surface area (Å²) in [7, 11) is 2.98. The van der Waals surface area contributed by atoms with E-state index in [2.05, 4.69) is 0 Å². The van der Waals surface area contributed by atoms with Crippen LogP contribution in [0.4, 0.5) is 0 Å². The molecule has 0 bridgehead atoms. The topological polar surface area (TPSA) is 88.1 Å². The molecular weight excluding hydrogens is 400 g/mol. The molecule has 0 saturated carbocycles. The highest BCUT2D eigenvalue weighted by atomic mass is 16.5. The zero-order valence-corrected chi connectivity index (χ0v) is 17.2. The molecule has 0 fully saturated rings. The molecule has 3 rings (SSSR count). The van der Waals surface area contributed by atoms with Gasteiger partial charge in [-0.2, -0.15) is 0 Å². The Balaban J connectivity index is 1.85. The Kier molecular flexibility index (Phi) is 6.67. The summed E-state index contributed by atoms with van der Waals surface area (Å²) in [5.41, 5.74) is 0.704. The highest BCUT2D eigenvalue weighted by Gasteiger charge is 2.18. The van der Waals surface area contributed by atoms with Crippen LogP contribution in [-0.4, -0.2) is 31.9 Å². The normalized spacial score (nSPS) is 10.2. The van der Waals surface area contributed by atoms with Gasteiger partial charge in [0.1, 0.15) is 23.0 Å². The number of Topliss-reactive ketones (excluding diaryl/α,β-unsaturated/α-hetero) is 1. The minimum Gasteiger partial charge on any atom is -0.497 e. The lowest BCUT2D eigenvalue weighted by molar-refractivity contribution is 0.0731. The summed E-state index contributed by atoms with van der Waals surface area (Å²) in [6.45, 7) is 1.35. The molecule has 0 aromatic heterocycles. The molecule has 0 aliphatic carbocycles. The van der Waals surface area contributed by atoms with E-state index in [9.17, 15) is 14.4 Å². The third-order valence-electron chi connectivity index (χ3n) is 4.36. The Bertz CT molecular complexity index is 1130. The van der Waals surface area contributed by atoms with Crippen molar-refractivity contribution in [2.45, 2.75) is 6.92 Å². The van der Waals surface area contributed by atoms with Crippen molar-refractivity contribution in [2.75, 3.05) is 14.2 Å². The first kappa shape index (κ1) is 21.6. The number of hydrogen-bond donors (Lipinski definition) is 0. The standard InChI is InChI=1S/C24H20O7/c1-15(25)21-11-10-20(30-23(26)16-6-4-8-18(12-16)28-2)14-22(21)31-24(27)17-7-5-9-19(13-17)29-3/h4-14H,1-3H3. The van der Waals surface area contributed by atoms with Crippen LogP contribution in [-0.2, 0) is 0 Å². The minimum absolute atomic E-state index is 0.0173. The SMILES string of the molecule is COc1cccc(C(=O)Oc2ccc(C(C)=O)c(OC(=O)c3cccc(OC)c3)c2)c1. The summed E-state index contributed by atoms with van der Waals surface area (Å²) in [4.78, 5) is 37.0. The second kappa shape index (κ2) is 9.58. The molecular formula is C24H20O7. The van der Waals surface area contributed by atoms with Gasteiger partial charge in [0.2, 0.25) is 0 Å². The molecule has 3 aromatic rings. The van der Waals surface area contributed by atoms with Crippen LogP contribution in [0.5, 0.6) is 23.0 Å². The van der Waals surface area contributed by atoms with E-state index in [1.165, 1.54) is 51.5 Å². The van der Waals surface area contributed by atoms with Gasteiger partial charge in [0, 0.05) is 6.07 Å². The van der Waals surface area contributed by atoms with Crippen molar-refractivity contribution in [1.29, 1.82) is 0 Å². The van der Waals surface area contributed by atoms with Gasteiger partial charge in [-0.3, -0.25) is 4.79 Å². The van der Waals surface area contributed by atoms with Crippen molar-refractivity contribution in [1.82, 2.24) is 0 Å².